The minimum Gasteiger partial charge on any atom is -0.329 e. The average molecular weight is 169 g/mol. The summed E-state index contributed by atoms with van der Waals surface area (Å²) in [7, 11) is -3.06. The SMILES string of the molecule is NCCS(=O)(=O)CCCF. The molecular formula is C5H12FNO2S. The number of alkyl halides is 1. The second kappa shape index (κ2) is 4.62. The maximum atomic E-state index is 11.5. The van der Waals surface area contributed by atoms with Crippen molar-refractivity contribution in [1.29, 1.82) is 0 Å². The largest absolute Gasteiger partial charge is 0.329 e. The zero-order valence-corrected chi connectivity index (χ0v) is 6.53. The summed E-state index contributed by atoms with van der Waals surface area (Å²) >= 11 is 0. The normalized spacial score (nSPS) is 11.8. The van der Waals surface area contributed by atoms with Crippen LogP contribution in [0.15, 0.2) is 0 Å². The number of rotatable bonds is 5. The van der Waals surface area contributed by atoms with Crippen molar-refractivity contribution in [3.63, 3.8) is 0 Å². The van der Waals surface area contributed by atoms with Crippen LogP contribution in [0.1, 0.15) is 6.42 Å². The van der Waals surface area contributed by atoms with Crippen molar-refractivity contribution in [2.24, 2.45) is 5.73 Å². The number of nitrogens with two attached hydrogens (primary N) is 1. The predicted molar refractivity (Wildman–Crippen MR) is 38.3 cm³/mol. The van der Waals surface area contributed by atoms with Gasteiger partial charge in [0.05, 0.1) is 18.2 Å². The van der Waals surface area contributed by atoms with E-state index in [9.17, 15) is 12.8 Å². The van der Waals surface area contributed by atoms with E-state index in [2.05, 4.69) is 0 Å². The Morgan fingerprint density at radius 1 is 1.30 bits per heavy atom. The standard InChI is InChI=1S/C5H12FNO2S/c6-2-1-4-10(8,9)5-3-7/h1-5,7H2. The first-order chi connectivity index (χ1) is 4.62. The van der Waals surface area contributed by atoms with E-state index in [0.717, 1.165) is 0 Å². The molecule has 62 valence electrons. The fourth-order valence-electron chi connectivity index (χ4n) is 0.556. The summed E-state index contributed by atoms with van der Waals surface area (Å²) in [5.74, 6) is -0.117. The lowest BCUT2D eigenvalue weighted by molar-refractivity contribution is 0.484. The van der Waals surface area contributed by atoms with Crippen LogP contribution in [0.3, 0.4) is 0 Å². The molecule has 0 bridgehead atoms. The van der Waals surface area contributed by atoms with Crippen molar-refractivity contribution in [2.75, 3.05) is 24.7 Å². The van der Waals surface area contributed by atoms with Gasteiger partial charge in [0.15, 0.2) is 9.84 Å². The van der Waals surface area contributed by atoms with E-state index in [1.165, 1.54) is 0 Å². The van der Waals surface area contributed by atoms with Gasteiger partial charge < -0.3 is 5.73 Å². The minimum atomic E-state index is -3.06. The molecule has 0 heterocycles. The van der Waals surface area contributed by atoms with Gasteiger partial charge in [0, 0.05) is 6.54 Å². The molecule has 0 saturated heterocycles. The van der Waals surface area contributed by atoms with E-state index in [1.807, 2.05) is 0 Å². The Kier molecular flexibility index (Phi) is 4.55. The van der Waals surface area contributed by atoms with Crippen LogP contribution in [-0.4, -0.2) is 33.1 Å². The molecule has 0 atom stereocenters. The van der Waals surface area contributed by atoms with Gasteiger partial charge in [-0.25, -0.2) is 8.42 Å². The number of hydrogen-bond donors (Lipinski definition) is 1. The molecule has 0 saturated carbocycles. The predicted octanol–water partition coefficient (Wildman–Crippen LogP) is -0.280. The van der Waals surface area contributed by atoms with E-state index < -0.39 is 16.5 Å². The second-order valence-electron chi connectivity index (χ2n) is 1.98. The van der Waals surface area contributed by atoms with Crippen molar-refractivity contribution in [2.45, 2.75) is 6.42 Å². The monoisotopic (exact) mass is 169 g/mol. The van der Waals surface area contributed by atoms with E-state index in [1.54, 1.807) is 0 Å². The van der Waals surface area contributed by atoms with Gasteiger partial charge >= 0.3 is 0 Å². The lowest BCUT2D eigenvalue weighted by atomic mass is 10.6. The van der Waals surface area contributed by atoms with E-state index >= 15 is 0 Å². The topological polar surface area (TPSA) is 60.2 Å². The molecule has 0 aliphatic carbocycles. The number of halogens is 1. The van der Waals surface area contributed by atoms with Gasteiger partial charge in [-0.05, 0) is 6.42 Å². The average Bonchev–Trinajstić information content (AvgIpc) is 1.84. The highest BCUT2D eigenvalue weighted by Gasteiger charge is 2.07. The third kappa shape index (κ3) is 4.69. The molecule has 0 aliphatic heterocycles. The molecule has 0 spiro atoms. The highest BCUT2D eigenvalue weighted by Crippen LogP contribution is 1.92. The molecule has 0 aliphatic rings. The van der Waals surface area contributed by atoms with E-state index in [4.69, 9.17) is 5.73 Å². The summed E-state index contributed by atoms with van der Waals surface area (Å²) in [6.45, 7) is -0.460. The molecule has 0 aromatic rings. The maximum absolute atomic E-state index is 11.5. The summed E-state index contributed by atoms with van der Waals surface area (Å²) in [6.07, 6.45) is 0.0856. The zero-order chi connectivity index (χ0) is 8.04. The third-order valence-electron chi connectivity index (χ3n) is 1.02. The Morgan fingerprint density at radius 2 is 1.90 bits per heavy atom. The van der Waals surface area contributed by atoms with Crippen LogP contribution in [0.25, 0.3) is 0 Å². The van der Waals surface area contributed by atoms with E-state index in [-0.39, 0.29) is 24.5 Å². The summed E-state index contributed by atoms with van der Waals surface area (Å²) in [5.41, 5.74) is 5.01. The smallest absolute Gasteiger partial charge is 0.151 e. The van der Waals surface area contributed by atoms with E-state index in [0.29, 0.717) is 0 Å². The lowest BCUT2D eigenvalue weighted by Gasteiger charge is -1.98. The summed E-state index contributed by atoms with van der Waals surface area (Å²) in [5, 5.41) is 0. The number of sulfone groups is 1. The molecule has 0 fully saturated rings. The van der Waals surface area contributed by atoms with Gasteiger partial charge in [0.2, 0.25) is 0 Å². The van der Waals surface area contributed by atoms with Crippen molar-refractivity contribution >= 4 is 9.84 Å². The molecule has 3 nitrogen and oxygen atoms in total. The highest BCUT2D eigenvalue weighted by molar-refractivity contribution is 7.91. The fraction of sp³-hybridized carbons (Fsp3) is 1.00. The van der Waals surface area contributed by atoms with Gasteiger partial charge in [-0.15, -0.1) is 0 Å². The fourth-order valence-corrected chi connectivity index (χ4v) is 1.67. The van der Waals surface area contributed by atoms with Gasteiger partial charge in [-0.3, -0.25) is 4.39 Å². The van der Waals surface area contributed by atoms with Gasteiger partial charge in [-0.1, -0.05) is 0 Å². The highest BCUT2D eigenvalue weighted by atomic mass is 32.2. The minimum absolute atomic E-state index is 0.0347. The number of hydrogen-bond acceptors (Lipinski definition) is 3. The van der Waals surface area contributed by atoms with Crippen molar-refractivity contribution in [3.05, 3.63) is 0 Å². The lowest BCUT2D eigenvalue weighted by Crippen LogP contribution is -2.18. The first-order valence-corrected chi connectivity index (χ1v) is 4.91. The van der Waals surface area contributed by atoms with Crippen LogP contribution in [0.5, 0.6) is 0 Å². The maximum Gasteiger partial charge on any atom is 0.151 e. The zero-order valence-electron chi connectivity index (χ0n) is 5.72. The van der Waals surface area contributed by atoms with Crippen LogP contribution < -0.4 is 5.73 Å². The molecule has 0 radical (unpaired) electrons. The Hall–Kier alpha value is -0.160. The Labute approximate surface area is 60.3 Å². The molecule has 0 unspecified atom stereocenters. The van der Waals surface area contributed by atoms with Gasteiger partial charge in [-0.2, -0.15) is 0 Å². The Morgan fingerprint density at radius 3 is 2.30 bits per heavy atom. The summed E-state index contributed by atoms with van der Waals surface area (Å²) in [4.78, 5) is 0. The van der Waals surface area contributed by atoms with Crippen LogP contribution in [0, 0.1) is 0 Å². The van der Waals surface area contributed by atoms with Crippen molar-refractivity contribution in [3.8, 4) is 0 Å². The van der Waals surface area contributed by atoms with Crippen LogP contribution in [0.2, 0.25) is 0 Å². The molecule has 2 N–H and O–H groups in total. The quantitative estimate of drug-likeness (QED) is 0.615. The third-order valence-corrected chi connectivity index (χ3v) is 2.79. The molecule has 0 aromatic carbocycles. The van der Waals surface area contributed by atoms with Gasteiger partial charge in [0.25, 0.3) is 0 Å². The Balaban J connectivity index is 3.65. The first kappa shape index (κ1) is 9.84. The van der Waals surface area contributed by atoms with Crippen molar-refractivity contribution < 1.29 is 12.8 Å². The van der Waals surface area contributed by atoms with Crippen LogP contribution in [-0.2, 0) is 9.84 Å². The molecular weight excluding hydrogens is 157 g/mol. The summed E-state index contributed by atoms with van der Waals surface area (Å²) in [6, 6.07) is 0. The molecule has 5 heteroatoms. The van der Waals surface area contributed by atoms with Crippen LogP contribution in [0.4, 0.5) is 4.39 Å². The molecule has 0 aromatic heterocycles. The second-order valence-corrected chi connectivity index (χ2v) is 4.29. The molecule has 0 rings (SSSR count). The first-order valence-electron chi connectivity index (χ1n) is 3.09. The van der Waals surface area contributed by atoms with Gasteiger partial charge in [0.1, 0.15) is 0 Å². The van der Waals surface area contributed by atoms with Crippen LogP contribution >= 0.6 is 0 Å². The Bertz CT molecular complexity index is 166. The molecule has 0 amide bonds. The molecule has 10 heavy (non-hydrogen) atoms. The van der Waals surface area contributed by atoms with Crippen molar-refractivity contribution in [1.82, 2.24) is 0 Å². The summed E-state index contributed by atoms with van der Waals surface area (Å²) < 4.78 is 33.0.